The van der Waals surface area contributed by atoms with Gasteiger partial charge in [-0.15, -0.1) is 0 Å². The van der Waals surface area contributed by atoms with Gasteiger partial charge in [0.2, 0.25) is 0 Å². The molecule has 3 rings (SSSR count). The number of amides is 1. The molecule has 0 aliphatic rings. The van der Waals surface area contributed by atoms with E-state index >= 15 is 0 Å². The van der Waals surface area contributed by atoms with Crippen LogP contribution in [0.3, 0.4) is 0 Å². The molecule has 106 valence electrons. The lowest BCUT2D eigenvalue weighted by molar-refractivity contribution is 0.0756. The second kappa shape index (κ2) is 5.32. The zero-order valence-corrected chi connectivity index (χ0v) is 11.7. The number of nitrogens with two attached hydrogens (primary N) is 1. The minimum atomic E-state index is -0.145. The fraction of sp³-hybridized carbons (Fsp3) is 0.118. The summed E-state index contributed by atoms with van der Waals surface area (Å²) in [6.45, 7) is 0.487. The highest BCUT2D eigenvalue weighted by Crippen LogP contribution is 2.20. The predicted molar refractivity (Wildman–Crippen MR) is 82.9 cm³/mol. The lowest BCUT2D eigenvalue weighted by atomic mass is 10.2. The van der Waals surface area contributed by atoms with Gasteiger partial charge in [-0.05, 0) is 29.8 Å². The van der Waals surface area contributed by atoms with Crippen LogP contribution in [0.4, 0.5) is 5.69 Å². The van der Waals surface area contributed by atoms with Crippen LogP contribution in [0.5, 0.6) is 0 Å². The molecule has 0 saturated carbocycles. The van der Waals surface area contributed by atoms with Gasteiger partial charge >= 0.3 is 0 Å². The number of hydrogen-bond donors (Lipinski definition) is 1. The summed E-state index contributed by atoms with van der Waals surface area (Å²) in [5.41, 5.74) is 8.15. The van der Waals surface area contributed by atoms with E-state index in [1.165, 1.54) is 0 Å². The van der Waals surface area contributed by atoms with Gasteiger partial charge in [-0.2, -0.15) is 0 Å². The molecule has 3 aromatic rings. The molecule has 1 heterocycles. The van der Waals surface area contributed by atoms with E-state index in [0.29, 0.717) is 18.0 Å². The minimum absolute atomic E-state index is 0.145. The van der Waals surface area contributed by atoms with Crippen molar-refractivity contribution in [2.45, 2.75) is 6.54 Å². The quantitative estimate of drug-likeness (QED) is 0.749. The topological polar surface area (TPSA) is 59.5 Å². The standard InChI is InChI=1S/C17H16N2O2/c1-19(11-12-5-4-7-14(18)9-12)17(20)16-10-13-6-2-3-8-15(13)21-16/h2-10H,11,18H2,1H3. The van der Waals surface area contributed by atoms with E-state index < -0.39 is 0 Å². The third kappa shape index (κ3) is 2.74. The molecule has 0 saturated heterocycles. The smallest absolute Gasteiger partial charge is 0.289 e. The highest BCUT2D eigenvalue weighted by molar-refractivity contribution is 5.95. The van der Waals surface area contributed by atoms with Gasteiger partial charge in [0.15, 0.2) is 5.76 Å². The normalized spacial score (nSPS) is 10.7. The van der Waals surface area contributed by atoms with Crippen LogP contribution < -0.4 is 5.73 Å². The second-order valence-electron chi connectivity index (χ2n) is 5.05. The molecule has 4 heteroatoms. The molecule has 1 aromatic heterocycles. The molecular weight excluding hydrogens is 264 g/mol. The summed E-state index contributed by atoms with van der Waals surface area (Å²) in [6, 6.07) is 16.9. The number of nitrogen functional groups attached to an aromatic ring is 1. The van der Waals surface area contributed by atoms with Gasteiger partial charge in [-0.3, -0.25) is 4.79 Å². The van der Waals surface area contributed by atoms with Crippen LogP contribution in [0, 0.1) is 0 Å². The predicted octanol–water partition coefficient (Wildman–Crippen LogP) is 3.29. The maximum absolute atomic E-state index is 12.4. The molecule has 0 radical (unpaired) electrons. The van der Waals surface area contributed by atoms with Crippen molar-refractivity contribution in [3.63, 3.8) is 0 Å². The van der Waals surface area contributed by atoms with Gasteiger partial charge in [0.1, 0.15) is 5.58 Å². The van der Waals surface area contributed by atoms with E-state index in [1.54, 1.807) is 18.0 Å². The molecule has 4 nitrogen and oxygen atoms in total. The van der Waals surface area contributed by atoms with Crippen molar-refractivity contribution in [1.82, 2.24) is 4.90 Å². The highest BCUT2D eigenvalue weighted by Gasteiger charge is 2.16. The summed E-state index contributed by atoms with van der Waals surface area (Å²) in [4.78, 5) is 14.0. The number of anilines is 1. The molecule has 2 N–H and O–H groups in total. The monoisotopic (exact) mass is 280 g/mol. The summed E-state index contributed by atoms with van der Waals surface area (Å²) in [5.74, 6) is 0.205. The Morgan fingerprint density at radius 3 is 2.71 bits per heavy atom. The van der Waals surface area contributed by atoms with Gasteiger partial charge in [0.05, 0.1) is 0 Å². The van der Waals surface area contributed by atoms with Crippen molar-refractivity contribution < 1.29 is 9.21 Å². The van der Waals surface area contributed by atoms with Gasteiger partial charge in [-0.1, -0.05) is 30.3 Å². The molecule has 0 fully saturated rings. The molecule has 1 amide bonds. The SMILES string of the molecule is CN(Cc1cccc(N)c1)C(=O)c1cc2ccccc2o1. The summed E-state index contributed by atoms with van der Waals surface area (Å²) < 4.78 is 5.60. The molecule has 0 unspecified atom stereocenters. The van der Waals surface area contributed by atoms with Crippen molar-refractivity contribution in [3.05, 3.63) is 65.9 Å². The zero-order valence-electron chi connectivity index (χ0n) is 11.7. The number of hydrogen-bond acceptors (Lipinski definition) is 3. The van der Waals surface area contributed by atoms with Gasteiger partial charge in [-0.25, -0.2) is 0 Å². The Kier molecular flexibility index (Phi) is 3.36. The fourth-order valence-corrected chi connectivity index (χ4v) is 2.31. The van der Waals surface area contributed by atoms with Crippen LogP contribution in [0.15, 0.2) is 59.0 Å². The highest BCUT2D eigenvalue weighted by atomic mass is 16.3. The molecule has 0 aliphatic heterocycles. The third-order valence-corrected chi connectivity index (χ3v) is 3.35. The maximum atomic E-state index is 12.4. The van der Waals surface area contributed by atoms with Crippen molar-refractivity contribution >= 4 is 22.6 Å². The number of para-hydroxylation sites is 1. The summed E-state index contributed by atoms with van der Waals surface area (Å²) in [7, 11) is 1.75. The Morgan fingerprint density at radius 2 is 1.95 bits per heavy atom. The number of fused-ring (bicyclic) bond motifs is 1. The number of benzene rings is 2. The molecule has 2 aromatic carbocycles. The van der Waals surface area contributed by atoms with Crippen LogP contribution in [0.25, 0.3) is 11.0 Å². The lowest BCUT2D eigenvalue weighted by Gasteiger charge is -2.15. The van der Waals surface area contributed by atoms with Crippen molar-refractivity contribution in [2.24, 2.45) is 0 Å². The largest absolute Gasteiger partial charge is 0.451 e. The first-order chi connectivity index (χ1) is 10.1. The number of rotatable bonds is 3. The Hall–Kier alpha value is -2.75. The molecule has 0 spiro atoms. The van der Waals surface area contributed by atoms with Gasteiger partial charge in [0, 0.05) is 24.7 Å². The van der Waals surface area contributed by atoms with Gasteiger partial charge < -0.3 is 15.1 Å². The maximum Gasteiger partial charge on any atom is 0.289 e. The molecule has 21 heavy (non-hydrogen) atoms. The average Bonchev–Trinajstić information content (AvgIpc) is 2.90. The minimum Gasteiger partial charge on any atom is -0.451 e. The molecule has 0 bridgehead atoms. The van der Waals surface area contributed by atoms with Crippen LogP contribution in [-0.2, 0) is 6.54 Å². The summed E-state index contributed by atoms with van der Waals surface area (Å²) in [6.07, 6.45) is 0. The Labute approximate surface area is 122 Å². The van der Waals surface area contributed by atoms with Crippen LogP contribution >= 0.6 is 0 Å². The lowest BCUT2D eigenvalue weighted by Crippen LogP contribution is -2.25. The number of carbonyl (C=O) groups excluding carboxylic acids is 1. The van der Waals surface area contributed by atoms with Crippen LogP contribution in [0.2, 0.25) is 0 Å². The Morgan fingerprint density at radius 1 is 1.14 bits per heavy atom. The van der Waals surface area contributed by atoms with E-state index in [4.69, 9.17) is 10.2 Å². The van der Waals surface area contributed by atoms with Gasteiger partial charge in [0.25, 0.3) is 5.91 Å². The molecular formula is C17H16N2O2. The number of carbonyl (C=O) groups is 1. The third-order valence-electron chi connectivity index (χ3n) is 3.35. The molecule has 0 aliphatic carbocycles. The zero-order chi connectivity index (χ0) is 14.8. The van der Waals surface area contributed by atoms with E-state index in [9.17, 15) is 4.79 Å². The fourth-order valence-electron chi connectivity index (χ4n) is 2.31. The number of furan rings is 1. The van der Waals surface area contributed by atoms with Crippen molar-refractivity contribution in [1.29, 1.82) is 0 Å². The van der Waals surface area contributed by atoms with Crippen LogP contribution in [-0.4, -0.2) is 17.9 Å². The van der Waals surface area contributed by atoms with E-state index in [0.717, 1.165) is 16.5 Å². The average molecular weight is 280 g/mol. The van der Waals surface area contributed by atoms with Crippen molar-refractivity contribution in [2.75, 3.05) is 12.8 Å². The first kappa shape index (κ1) is 13.2. The summed E-state index contributed by atoms with van der Waals surface area (Å²) >= 11 is 0. The first-order valence-electron chi connectivity index (χ1n) is 6.72. The number of nitrogens with zero attached hydrogens (tertiary/aromatic N) is 1. The Bertz CT molecular complexity index is 759. The first-order valence-corrected chi connectivity index (χ1v) is 6.72. The second-order valence-corrected chi connectivity index (χ2v) is 5.05. The van der Waals surface area contributed by atoms with E-state index in [-0.39, 0.29) is 5.91 Å². The summed E-state index contributed by atoms with van der Waals surface area (Å²) in [5, 5.41) is 0.929. The molecule has 0 atom stereocenters. The van der Waals surface area contributed by atoms with E-state index in [2.05, 4.69) is 0 Å². The van der Waals surface area contributed by atoms with Crippen LogP contribution in [0.1, 0.15) is 16.1 Å². The van der Waals surface area contributed by atoms with E-state index in [1.807, 2.05) is 48.5 Å². The Balaban J connectivity index is 1.80. The van der Waals surface area contributed by atoms with Crippen molar-refractivity contribution in [3.8, 4) is 0 Å².